The van der Waals surface area contributed by atoms with Crippen molar-refractivity contribution < 1.29 is 4.42 Å². The first-order valence-electron chi connectivity index (χ1n) is 6.28. The lowest BCUT2D eigenvalue weighted by Crippen LogP contribution is -2.23. The minimum Gasteiger partial charge on any atom is -0.466 e. The highest BCUT2D eigenvalue weighted by molar-refractivity contribution is 9.12. The zero-order chi connectivity index (χ0) is 14.0. The van der Waals surface area contributed by atoms with Crippen LogP contribution in [0.2, 0.25) is 0 Å². The van der Waals surface area contributed by atoms with Crippen LogP contribution in [-0.2, 0) is 0 Å². The second-order valence-electron chi connectivity index (χ2n) is 4.54. The largest absolute Gasteiger partial charge is 0.466 e. The van der Waals surface area contributed by atoms with E-state index in [9.17, 15) is 0 Å². The first kappa shape index (κ1) is 15.3. The van der Waals surface area contributed by atoms with Crippen LogP contribution in [0.3, 0.4) is 0 Å². The normalized spacial score (nSPS) is 12.9. The Kier molecular flexibility index (Phi) is 5.29. The maximum Gasteiger partial charge on any atom is 0.106 e. The average molecular weight is 407 g/mol. The Balaban J connectivity index is 2.41. The van der Waals surface area contributed by atoms with Crippen LogP contribution in [0.5, 0.6) is 0 Å². The molecule has 0 aliphatic heterocycles. The lowest BCUT2D eigenvalue weighted by molar-refractivity contribution is 0.493. The summed E-state index contributed by atoms with van der Waals surface area (Å²) in [7, 11) is 0. The van der Waals surface area contributed by atoms with Gasteiger partial charge in [0.15, 0.2) is 0 Å². The van der Waals surface area contributed by atoms with E-state index in [2.05, 4.69) is 56.2 Å². The molecule has 2 rings (SSSR count). The first-order valence-corrected chi connectivity index (χ1v) is 8.68. The molecule has 1 N–H and O–H groups in total. The van der Waals surface area contributed by atoms with Crippen molar-refractivity contribution >= 4 is 43.2 Å². The van der Waals surface area contributed by atoms with Gasteiger partial charge in [0.2, 0.25) is 0 Å². The predicted octanol–water partition coefficient (Wildman–Crippen LogP) is 5.57. The van der Waals surface area contributed by atoms with Crippen LogP contribution >= 0.6 is 43.2 Å². The van der Waals surface area contributed by atoms with Crippen molar-refractivity contribution in [2.75, 3.05) is 6.54 Å². The fraction of sp³-hybridized carbons (Fsp3) is 0.429. The predicted molar refractivity (Wildman–Crippen MR) is 88.0 cm³/mol. The molecule has 2 aromatic rings. The summed E-state index contributed by atoms with van der Waals surface area (Å²) < 4.78 is 7.97. The summed E-state index contributed by atoms with van der Waals surface area (Å²) in [6.45, 7) is 7.18. The SMILES string of the molecule is CCCNC(c1cc(C)oc1C)c1cc(Br)sc1Br. The molecule has 0 aliphatic carbocycles. The Morgan fingerprint density at radius 1 is 1.26 bits per heavy atom. The van der Waals surface area contributed by atoms with Crippen LogP contribution < -0.4 is 5.32 Å². The Morgan fingerprint density at radius 2 is 2.00 bits per heavy atom. The van der Waals surface area contributed by atoms with Gasteiger partial charge in [0.25, 0.3) is 0 Å². The number of furan rings is 1. The Hall–Kier alpha value is -0.100. The van der Waals surface area contributed by atoms with Crippen molar-refractivity contribution in [1.29, 1.82) is 0 Å². The van der Waals surface area contributed by atoms with E-state index in [-0.39, 0.29) is 6.04 Å². The van der Waals surface area contributed by atoms with Crippen LogP contribution in [0.15, 0.2) is 24.1 Å². The van der Waals surface area contributed by atoms with E-state index in [1.807, 2.05) is 13.8 Å². The van der Waals surface area contributed by atoms with Crippen LogP contribution in [0.25, 0.3) is 0 Å². The van der Waals surface area contributed by atoms with E-state index in [4.69, 9.17) is 4.42 Å². The minimum atomic E-state index is 0.175. The van der Waals surface area contributed by atoms with Crippen molar-refractivity contribution in [2.24, 2.45) is 0 Å². The molecule has 0 aliphatic rings. The van der Waals surface area contributed by atoms with Gasteiger partial charge in [-0.25, -0.2) is 0 Å². The number of hydrogen-bond donors (Lipinski definition) is 1. The number of halogens is 2. The minimum absolute atomic E-state index is 0.175. The second-order valence-corrected chi connectivity index (χ2v) is 8.28. The van der Waals surface area contributed by atoms with E-state index in [1.54, 1.807) is 11.3 Å². The molecule has 2 nitrogen and oxygen atoms in total. The number of aryl methyl sites for hydroxylation is 2. The van der Waals surface area contributed by atoms with Crippen molar-refractivity contribution in [2.45, 2.75) is 33.2 Å². The van der Waals surface area contributed by atoms with Gasteiger partial charge in [0, 0.05) is 5.56 Å². The fourth-order valence-electron chi connectivity index (χ4n) is 2.16. The molecular formula is C14H17Br2NOS. The lowest BCUT2D eigenvalue weighted by Gasteiger charge is -2.17. The topological polar surface area (TPSA) is 25.2 Å². The van der Waals surface area contributed by atoms with Gasteiger partial charge in [0.1, 0.15) is 11.5 Å². The highest BCUT2D eigenvalue weighted by atomic mass is 79.9. The molecule has 0 radical (unpaired) electrons. The molecule has 2 heterocycles. The second kappa shape index (κ2) is 6.57. The molecule has 1 atom stereocenters. The molecule has 104 valence electrons. The maximum atomic E-state index is 5.68. The van der Waals surface area contributed by atoms with Crippen LogP contribution in [0.1, 0.15) is 42.0 Å². The molecule has 0 spiro atoms. The molecule has 0 fully saturated rings. The molecule has 0 saturated heterocycles. The van der Waals surface area contributed by atoms with Crippen molar-refractivity contribution in [1.82, 2.24) is 5.32 Å². The average Bonchev–Trinajstić information content (AvgIpc) is 2.83. The van der Waals surface area contributed by atoms with Gasteiger partial charge in [0.05, 0.1) is 13.6 Å². The highest BCUT2D eigenvalue weighted by Gasteiger charge is 2.22. The summed E-state index contributed by atoms with van der Waals surface area (Å²) in [5.41, 5.74) is 2.48. The van der Waals surface area contributed by atoms with Gasteiger partial charge >= 0.3 is 0 Å². The number of hydrogen-bond acceptors (Lipinski definition) is 3. The summed E-state index contributed by atoms with van der Waals surface area (Å²) in [6, 6.07) is 4.47. The monoisotopic (exact) mass is 405 g/mol. The number of nitrogens with one attached hydrogen (secondary N) is 1. The molecule has 2 aromatic heterocycles. The third-order valence-corrected chi connectivity index (χ3v) is 5.37. The van der Waals surface area contributed by atoms with E-state index in [1.165, 1.54) is 11.1 Å². The Labute approximate surface area is 134 Å². The van der Waals surface area contributed by atoms with Gasteiger partial charge in [-0.15, -0.1) is 11.3 Å². The molecule has 19 heavy (non-hydrogen) atoms. The zero-order valence-electron chi connectivity index (χ0n) is 11.2. The van der Waals surface area contributed by atoms with Gasteiger partial charge < -0.3 is 9.73 Å². The highest BCUT2D eigenvalue weighted by Crippen LogP contribution is 2.39. The molecule has 5 heteroatoms. The summed E-state index contributed by atoms with van der Waals surface area (Å²) in [5.74, 6) is 1.95. The third-order valence-electron chi connectivity index (χ3n) is 2.98. The van der Waals surface area contributed by atoms with Crippen LogP contribution in [0, 0.1) is 13.8 Å². The van der Waals surface area contributed by atoms with Gasteiger partial charge in [-0.1, -0.05) is 6.92 Å². The standard InChI is InChI=1S/C14H17Br2NOS/c1-4-5-17-13(10-6-8(2)18-9(10)3)11-7-12(15)19-14(11)16/h6-7,13,17H,4-5H2,1-3H3. The summed E-state index contributed by atoms with van der Waals surface area (Å²) in [4.78, 5) is 0. The molecular weight excluding hydrogens is 390 g/mol. The van der Waals surface area contributed by atoms with Gasteiger partial charge in [-0.2, -0.15) is 0 Å². The van der Waals surface area contributed by atoms with E-state index in [0.29, 0.717) is 0 Å². The third kappa shape index (κ3) is 3.51. The first-order chi connectivity index (χ1) is 9.02. The van der Waals surface area contributed by atoms with Crippen molar-refractivity contribution in [3.8, 4) is 0 Å². The zero-order valence-corrected chi connectivity index (χ0v) is 15.2. The maximum absolute atomic E-state index is 5.68. The quantitative estimate of drug-likeness (QED) is 0.701. The fourth-order valence-corrected chi connectivity index (χ4v) is 5.07. The van der Waals surface area contributed by atoms with E-state index >= 15 is 0 Å². The molecule has 0 saturated carbocycles. The Bertz CT molecular complexity index is 516. The van der Waals surface area contributed by atoms with E-state index < -0.39 is 0 Å². The molecule has 1 unspecified atom stereocenters. The number of rotatable bonds is 5. The van der Waals surface area contributed by atoms with Crippen molar-refractivity contribution in [3.63, 3.8) is 0 Å². The smallest absolute Gasteiger partial charge is 0.106 e. The Morgan fingerprint density at radius 3 is 2.47 bits per heavy atom. The molecule has 0 aromatic carbocycles. The van der Waals surface area contributed by atoms with Gasteiger partial charge in [-0.05, 0) is 76.4 Å². The van der Waals surface area contributed by atoms with E-state index in [0.717, 1.165) is 32.1 Å². The summed E-state index contributed by atoms with van der Waals surface area (Å²) in [5, 5.41) is 3.61. The van der Waals surface area contributed by atoms with Gasteiger partial charge in [-0.3, -0.25) is 0 Å². The lowest BCUT2D eigenvalue weighted by atomic mass is 10.0. The molecule has 0 bridgehead atoms. The summed E-state index contributed by atoms with van der Waals surface area (Å²) in [6.07, 6.45) is 1.11. The number of thiophene rings is 1. The molecule has 0 amide bonds. The summed E-state index contributed by atoms with van der Waals surface area (Å²) >= 11 is 8.91. The van der Waals surface area contributed by atoms with Crippen molar-refractivity contribution in [3.05, 3.63) is 42.4 Å². The van der Waals surface area contributed by atoms with Crippen LogP contribution in [-0.4, -0.2) is 6.54 Å². The van der Waals surface area contributed by atoms with Crippen LogP contribution in [0.4, 0.5) is 0 Å².